The summed E-state index contributed by atoms with van der Waals surface area (Å²) in [5.41, 5.74) is 1.08. The van der Waals surface area contributed by atoms with Crippen molar-refractivity contribution in [2.75, 3.05) is 45.2 Å². The Morgan fingerprint density at radius 1 is 1.03 bits per heavy atom. The summed E-state index contributed by atoms with van der Waals surface area (Å²) in [6.45, 7) is -0.384. The van der Waals surface area contributed by atoms with Crippen LogP contribution in [0.25, 0.3) is 0 Å². The summed E-state index contributed by atoms with van der Waals surface area (Å²) in [4.78, 5) is 35.0. The number of aliphatic hydroxyl groups excluding tert-OH is 1. The number of alkyl halides is 3. The van der Waals surface area contributed by atoms with Gasteiger partial charge in [0.25, 0.3) is 11.8 Å². The number of amides is 2. The average Bonchev–Trinajstić information content (AvgIpc) is 2.93. The Bertz CT molecular complexity index is 1070. The van der Waals surface area contributed by atoms with E-state index in [9.17, 15) is 27.9 Å². The lowest BCUT2D eigenvalue weighted by Crippen LogP contribution is -2.42. The number of aromatic nitrogens is 1. The van der Waals surface area contributed by atoms with Crippen LogP contribution in [0.4, 0.5) is 19.0 Å². The molecular weight excluding hydrogens is 533 g/mol. The molecule has 3 heterocycles. The Balaban J connectivity index is 0.000000983. The van der Waals surface area contributed by atoms with E-state index < -0.39 is 12.8 Å². The van der Waals surface area contributed by atoms with Gasteiger partial charge in [0.2, 0.25) is 0 Å². The van der Waals surface area contributed by atoms with Gasteiger partial charge in [-0.2, -0.15) is 13.2 Å². The number of hydrogen-bond donors (Lipinski definition) is 1. The molecule has 4 rings (SSSR count). The molecule has 1 N–H and O–H groups in total. The number of aliphatic hydroxyl groups is 1. The van der Waals surface area contributed by atoms with Crippen LogP contribution >= 0.6 is 11.6 Å². The van der Waals surface area contributed by atoms with Crippen molar-refractivity contribution in [1.29, 1.82) is 0 Å². The lowest BCUT2D eigenvalue weighted by atomic mass is 9.82. The van der Waals surface area contributed by atoms with Gasteiger partial charge in [0.15, 0.2) is 6.10 Å². The average molecular weight is 569 g/mol. The van der Waals surface area contributed by atoms with E-state index in [0.29, 0.717) is 41.1 Å². The van der Waals surface area contributed by atoms with Gasteiger partial charge in [0, 0.05) is 52.5 Å². The van der Waals surface area contributed by atoms with Crippen LogP contribution in [0.5, 0.6) is 0 Å². The zero-order valence-corrected chi connectivity index (χ0v) is 23.0. The van der Waals surface area contributed by atoms with Crippen molar-refractivity contribution in [3.8, 4) is 0 Å². The van der Waals surface area contributed by atoms with Crippen LogP contribution in [0.15, 0.2) is 42.6 Å². The number of carbonyl (C=O) groups is 2. The second kappa shape index (κ2) is 14.5. The largest absolute Gasteiger partial charge is 0.379 e. The first-order valence-electron chi connectivity index (χ1n) is 13.1. The van der Waals surface area contributed by atoms with Crippen LogP contribution in [-0.2, 0) is 4.79 Å². The van der Waals surface area contributed by atoms with Gasteiger partial charge in [-0.05, 0) is 49.5 Å². The number of hydrogen-bond acceptors (Lipinski definition) is 5. The van der Waals surface area contributed by atoms with Gasteiger partial charge in [0.1, 0.15) is 5.82 Å². The van der Waals surface area contributed by atoms with Gasteiger partial charge in [-0.15, -0.1) is 0 Å². The fraction of sp³-hybridized carbons (Fsp3) is 0.536. The zero-order valence-electron chi connectivity index (χ0n) is 22.3. The number of pyridine rings is 1. The summed E-state index contributed by atoms with van der Waals surface area (Å²) < 4.78 is 29.0. The number of piperidine rings is 2. The number of carbonyl (C=O) groups excluding carboxylic acids is 2. The van der Waals surface area contributed by atoms with Crippen molar-refractivity contribution in [2.45, 2.75) is 44.9 Å². The van der Waals surface area contributed by atoms with E-state index in [4.69, 9.17) is 11.6 Å². The first kappa shape index (κ1) is 30.7. The SMILES string of the molecule is CN(C)C(=O)c1cnc(N2CCC(CC3CCN(C(=O)[C@H](O)c4ccccc4)CC3)CC2)cc1Cl.FC(F)F. The van der Waals surface area contributed by atoms with Crippen LogP contribution in [0.1, 0.15) is 54.1 Å². The van der Waals surface area contributed by atoms with Crippen molar-refractivity contribution in [3.63, 3.8) is 0 Å². The van der Waals surface area contributed by atoms with E-state index >= 15 is 0 Å². The number of anilines is 1. The number of halogens is 4. The molecule has 2 aromatic rings. The molecule has 214 valence electrons. The molecule has 0 aliphatic carbocycles. The normalized spacial score (nSPS) is 17.4. The summed E-state index contributed by atoms with van der Waals surface area (Å²) in [7, 11) is 3.40. The molecule has 1 aromatic heterocycles. The molecule has 1 aromatic carbocycles. The van der Waals surface area contributed by atoms with Gasteiger partial charge < -0.3 is 19.8 Å². The third-order valence-corrected chi connectivity index (χ3v) is 7.67. The minimum atomic E-state index is -3.67. The minimum absolute atomic E-state index is 0.143. The molecule has 2 aliphatic rings. The summed E-state index contributed by atoms with van der Waals surface area (Å²) in [6, 6.07) is 11.0. The fourth-order valence-corrected chi connectivity index (χ4v) is 5.43. The molecule has 0 bridgehead atoms. The van der Waals surface area contributed by atoms with E-state index in [1.807, 2.05) is 23.1 Å². The molecule has 0 radical (unpaired) electrons. The second-order valence-corrected chi connectivity index (χ2v) is 10.6. The topological polar surface area (TPSA) is 77.0 Å². The van der Waals surface area contributed by atoms with Crippen LogP contribution < -0.4 is 4.90 Å². The first-order valence-corrected chi connectivity index (χ1v) is 13.5. The maximum Gasteiger partial charge on any atom is 0.379 e. The van der Waals surface area contributed by atoms with Crippen molar-refractivity contribution in [2.24, 2.45) is 11.8 Å². The van der Waals surface area contributed by atoms with Gasteiger partial charge in [-0.1, -0.05) is 41.9 Å². The van der Waals surface area contributed by atoms with Crippen LogP contribution in [0, 0.1) is 11.8 Å². The zero-order chi connectivity index (χ0) is 28.5. The molecule has 0 unspecified atom stereocenters. The Labute approximate surface area is 232 Å². The summed E-state index contributed by atoms with van der Waals surface area (Å²) in [5.74, 6) is 1.78. The molecule has 11 heteroatoms. The Hall–Kier alpha value is -2.85. The van der Waals surface area contributed by atoms with Gasteiger partial charge >= 0.3 is 6.68 Å². The predicted molar refractivity (Wildman–Crippen MR) is 145 cm³/mol. The Kier molecular flexibility index (Phi) is 11.4. The highest BCUT2D eigenvalue weighted by Gasteiger charge is 2.30. The lowest BCUT2D eigenvalue weighted by molar-refractivity contribution is -0.142. The molecule has 2 aliphatic heterocycles. The highest BCUT2D eigenvalue weighted by molar-refractivity contribution is 6.34. The first-order chi connectivity index (χ1) is 18.6. The molecule has 0 spiro atoms. The number of likely N-dealkylation sites (tertiary alicyclic amines) is 1. The molecular formula is C28H36ClF3N4O3. The molecule has 7 nitrogen and oxygen atoms in total. The molecule has 1 atom stereocenters. The quantitative estimate of drug-likeness (QED) is 0.519. The van der Waals surface area contributed by atoms with Crippen molar-refractivity contribution < 1.29 is 27.9 Å². The molecule has 0 saturated carbocycles. The Morgan fingerprint density at radius 3 is 2.08 bits per heavy atom. The predicted octanol–water partition coefficient (Wildman–Crippen LogP) is 5.19. The highest BCUT2D eigenvalue weighted by atomic mass is 35.5. The van der Waals surface area contributed by atoms with E-state index in [1.165, 1.54) is 11.3 Å². The molecule has 39 heavy (non-hydrogen) atoms. The number of nitrogens with zero attached hydrogens (tertiary/aromatic N) is 4. The van der Waals surface area contributed by atoms with E-state index in [1.54, 1.807) is 38.5 Å². The summed E-state index contributed by atoms with van der Waals surface area (Å²) in [5, 5.41) is 10.9. The van der Waals surface area contributed by atoms with Crippen LogP contribution in [-0.4, -0.2) is 78.7 Å². The van der Waals surface area contributed by atoms with Gasteiger partial charge in [-0.25, -0.2) is 4.98 Å². The summed E-state index contributed by atoms with van der Waals surface area (Å²) in [6.07, 6.45) is 5.87. The van der Waals surface area contributed by atoms with Crippen LogP contribution in [0.2, 0.25) is 5.02 Å². The molecule has 2 fully saturated rings. The van der Waals surface area contributed by atoms with Crippen molar-refractivity contribution in [1.82, 2.24) is 14.8 Å². The third-order valence-electron chi connectivity index (χ3n) is 7.36. The van der Waals surface area contributed by atoms with Gasteiger partial charge in [0.05, 0.1) is 10.6 Å². The monoisotopic (exact) mass is 568 g/mol. The smallest absolute Gasteiger partial charge is 0.378 e. The number of rotatable bonds is 6. The molecule has 2 amide bonds. The minimum Gasteiger partial charge on any atom is -0.378 e. The highest BCUT2D eigenvalue weighted by Crippen LogP contribution is 2.32. The summed E-state index contributed by atoms with van der Waals surface area (Å²) >= 11 is 6.38. The maximum atomic E-state index is 12.7. The van der Waals surface area contributed by atoms with Crippen LogP contribution in [0.3, 0.4) is 0 Å². The van der Waals surface area contributed by atoms with Crippen molar-refractivity contribution in [3.05, 3.63) is 58.7 Å². The lowest BCUT2D eigenvalue weighted by Gasteiger charge is -2.37. The Morgan fingerprint density at radius 2 is 1.56 bits per heavy atom. The third kappa shape index (κ3) is 8.83. The maximum absolute atomic E-state index is 12.7. The second-order valence-electron chi connectivity index (χ2n) is 10.2. The van der Waals surface area contributed by atoms with E-state index in [0.717, 1.165) is 44.6 Å². The van der Waals surface area contributed by atoms with Gasteiger partial charge in [-0.3, -0.25) is 9.59 Å². The molecule has 2 saturated heterocycles. The van der Waals surface area contributed by atoms with E-state index in [2.05, 4.69) is 9.88 Å². The number of benzene rings is 1. The van der Waals surface area contributed by atoms with Crippen molar-refractivity contribution >= 4 is 29.2 Å². The standard InChI is InChI=1S/C27H35ClN4O3.CHF3/c1-30(2)26(34)22-18-29-24(17-23(22)28)31-12-8-19(9-13-31)16-20-10-14-32(15-11-20)27(35)25(33)21-6-4-3-5-7-21;2-1(3)4/h3-7,17-20,25,33H,8-16H2,1-2H3;1H/t25-;/m1./s1. The van der Waals surface area contributed by atoms with E-state index in [-0.39, 0.29) is 11.8 Å². The fourth-order valence-electron chi connectivity index (χ4n) is 5.20.